The van der Waals surface area contributed by atoms with Gasteiger partial charge in [-0.05, 0) is 6.42 Å². The van der Waals surface area contributed by atoms with Gasteiger partial charge in [-0.3, -0.25) is 0 Å². The standard InChI is InChI=1S/C5H8NO2.Ac/c7-3-4-1-5(8)2-6-4;/h3-5,8H,1-2H2;/q-1;. The van der Waals surface area contributed by atoms with Crippen LogP contribution >= 0.6 is 0 Å². The van der Waals surface area contributed by atoms with E-state index in [9.17, 15) is 4.79 Å². The molecule has 0 aromatic heterocycles. The van der Waals surface area contributed by atoms with Gasteiger partial charge in [0.15, 0.2) is 0 Å². The van der Waals surface area contributed by atoms with Crippen molar-refractivity contribution in [2.75, 3.05) is 6.54 Å². The van der Waals surface area contributed by atoms with E-state index in [4.69, 9.17) is 5.11 Å². The van der Waals surface area contributed by atoms with Gasteiger partial charge in [-0.25, -0.2) is 0 Å². The molecule has 0 amide bonds. The van der Waals surface area contributed by atoms with Crippen LogP contribution in [0.15, 0.2) is 0 Å². The normalized spacial score (nSPS) is 33.4. The van der Waals surface area contributed by atoms with Crippen molar-refractivity contribution in [3.63, 3.8) is 0 Å². The topological polar surface area (TPSA) is 51.4 Å². The second-order valence-electron chi connectivity index (χ2n) is 1.96. The van der Waals surface area contributed by atoms with Gasteiger partial charge in [-0.15, -0.1) is 6.54 Å². The zero-order valence-corrected chi connectivity index (χ0v) is 9.77. The summed E-state index contributed by atoms with van der Waals surface area (Å²) < 4.78 is 0. The summed E-state index contributed by atoms with van der Waals surface area (Å²) in [6, 6.07) is -0.231. The molecular formula is C5H8AcNO2-. The molecule has 1 saturated heterocycles. The number of hydrogen-bond donors (Lipinski definition) is 1. The van der Waals surface area contributed by atoms with Gasteiger partial charge in [0.2, 0.25) is 0 Å². The monoisotopic (exact) mass is 341 g/mol. The number of aliphatic hydroxyl groups excluding tert-OH is 1. The Balaban J connectivity index is 0.000000640. The van der Waals surface area contributed by atoms with E-state index >= 15 is 0 Å². The maximum atomic E-state index is 9.95. The fraction of sp³-hybridized carbons (Fsp3) is 0.800. The number of rotatable bonds is 1. The van der Waals surface area contributed by atoms with Crippen LogP contribution in [0, 0.1) is 44.1 Å². The molecule has 2 unspecified atom stereocenters. The van der Waals surface area contributed by atoms with E-state index in [1.54, 1.807) is 0 Å². The fourth-order valence-corrected chi connectivity index (χ4v) is 0.783. The van der Waals surface area contributed by atoms with Gasteiger partial charge in [-0.2, -0.15) is 0 Å². The van der Waals surface area contributed by atoms with Crippen LogP contribution in [-0.4, -0.2) is 30.1 Å². The minimum Gasteiger partial charge on any atom is -0.651 e. The summed E-state index contributed by atoms with van der Waals surface area (Å²) in [7, 11) is 0. The van der Waals surface area contributed by atoms with Crippen molar-refractivity contribution in [2.45, 2.75) is 18.6 Å². The molecule has 1 fully saturated rings. The second kappa shape index (κ2) is 4.79. The Hall–Kier alpha value is 1.03. The molecule has 1 N–H and O–H groups in total. The van der Waals surface area contributed by atoms with E-state index in [-0.39, 0.29) is 56.2 Å². The van der Waals surface area contributed by atoms with E-state index in [0.29, 0.717) is 13.0 Å². The molecule has 1 radical (unpaired) electrons. The predicted molar refractivity (Wildman–Crippen MR) is 28.7 cm³/mol. The fourth-order valence-electron chi connectivity index (χ4n) is 0.783. The largest absolute Gasteiger partial charge is 0.651 e. The van der Waals surface area contributed by atoms with Gasteiger partial charge in [0.25, 0.3) is 0 Å². The molecule has 0 bridgehead atoms. The first-order valence-electron chi connectivity index (χ1n) is 2.63. The van der Waals surface area contributed by atoms with Crippen LogP contribution in [-0.2, 0) is 4.79 Å². The third kappa shape index (κ3) is 3.08. The van der Waals surface area contributed by atoms with E-state index in [1.165, 1.54) is 0 Å². The zero-order valence-electron chi connectivity index (χ0n) is 5.03. The van der Waals surface area contributed by atoms with Gasteiger partial charge >= 0.3 is 0 Å². The number of carbonyl (C=O) groups excluding carboxylic acids is 1. The van der Waals surface area contributed by atoms with Gasteiger partial charge in [0.1, 0.15) is 6.29 Å². The summed E-state index contributed by atoms with van der Waals surface area (Å²) in [4.78, 5) is 9.95. The minimum atomic E-state index is -0.370. The Bertz CT molecular complexity index is 99.0. The Morgan fingerprint density at radius 3 is 2.56 bits per heavy atom. The van der Waals surface area contributed by atoms with E-state index < -0.39 is 0 Å². The van der Waals surface area contributed by atoms with E-state index in [2.05, 4.69) is 5.32 Å². The molecular weight excluding hydrogens is 333 g/mol. The molecule has 1 rings (SSSR count). The van der Waals surface area contributed by atoms with Crippen LogP contribution in [0.5, 0.6) is 0 Å². The first kappa shape index (κ1) is 10.0. The Morgan fingerprint density at radius 2 is 2.33 bits per heavy atom. The van der Waals surface area contributed by atoms with Gasteiger partial charge in [-0.1, -0.05) is 6.04 Å². The molecule has 1 aliphatic rings. The number of hydrogen-bond acceptors (Lipinski definition) is 2. The number of aldehydes is 1. The van der Waals surface area contributed by atoms with E-state index in [1.807, 2.05) is 0 Å². The van der Waals surface area contributed by atoms with Crippen LogP contribution in [0.2, 0.25) is 0 Å². The van der Waals surface area contributed by atoms with Crippen molar-refractivity contribution < 1.29 is 54.0 Å². The molecule has 0 aliphatic carbocycles. The van der Waals surface area contributed by atoms with Gasteiger partial charge < -0.3 is 15.2 Å². The van der Waals surface area contributed by atoms with Crippen LogP contribution in [0.3, 0.4) is 0 Å². The molecule has 1 heterocycles. The Morgan fingerprint density at radius 1 is 1.67 bits per heavy atom. The van der Waals surface area contributed by atoms with Crippen molar-refractivity contribution in [1.82, 2.24) is 0 Å². The number of nitrogens with zero attached hydrogens (tertiary/aromatic N) is 1. The third-order valence-electron chi connectivity index (χ3n) is 1.22. The molecule has 0 aromatic carbocycles. The quantitative estimate of drug-likeness (QED) is 0.666. The molecule has 0 aromatic rings. The van der Waals surface area contributed by atoms with Crippen LogP contribution in [0.4, 0.5) is 0 Å². The summed E-state index contributed by atoms with van der Waals surface area (Å²) in [5.41, 5.74) is 0. The summed E-state index contributed by atoms with van der Waals surface area (Å²) in [6.45, 7) is 0.434. The Labute approximate surface area is 89.8 Å². The first-order chi connectivity index (χ1) is 3.83. The average Bonchev–Trinajstić information content (AvgIpc) is 2.14. The third-order valence-corrected chi connectivity index (χ3v) is 1.22. The molecule has 1 aliphatic heterocycles. The number of carbonyl (C=O) groups is 1. The van der Waals surface area contributed by atoms with Crippen molar-refractivity contribution in [3.8, 4) is 0 Å². The number of aliphatic hydroxyl groups is 1. The summed E-state index contributed by atoms with van der Waals surface area (Å²) in [5.74, 6) is 0. The zero-order chi connectivity index (χ0) is 5.98. The van der Waals surface area contributed by atoms with Crippen molar-refractivity contribution in [1.29, 1.82) is 0 Å². The summed E-state index contributed by atoms with van der Waals surface area (Å²) in [5, 5.41) is 12.6. The molecule has 0 spiro atoms. The molecule has 0 saturated carbocycles. The van der Waals surface area contributed by atoms with Crippen LogP contribution in [0.25, 0.3) is 5.32 Å². The van der Waals surface area contributed by atoms with Crippen LogP contribution < -0.4 is 0 Å². The molecule has 9 heavy (non-hydrogen) atoms. The van der Waals surface area contributed by atoms with Crippen LogP contribution in [0.1, 0.15) is 6.42 Å². The molecule has 4 heteroatoms. The van der Waals surface area contributed by atoms with Crippen molar-refractivity contribution >= 4 is 6.29 Å². The molecule has 2 atom stereocenters. The maximum Gasteiger partial charge on any atom is 0.102 e. The smallest absolute Gasteiger partial charge is 0.102 e. The van der Waals surface area contributed by atoms with Crippen molar-refractivity contribution in [3.05, 3.63) is 5.32 Å². The maximum absolute atomic E-state index is 9.95. The predicted octanol–water partition coefficient (Wildman–Crippen LogP) is -0.308. The second-order valence-corrected chi connectivity index (χ2v) is 1.96. The van der Waals surface area contributed by atoms with Gasteiger partial charge in [0.05, 0.1) is 0 Å². The summed E-state index contributed by atoms with van der Waals surface area (Å²) >= 11 is 0. The first-order valence-corrected chi connectivity index (χ1v) is 2.63. The average molecular weight is 341 g/mol. The molecule has 3 nitrogen and oxygen atoms in total. The SMILES string of the molecule is O=CC1CC(O)C[N-]1.[Ac]. The van der Waals surface area contributed by atoms with Crippen molar-refractivity contribution in [2.24, 2.45) is 0 Å². The molecule has 49 valence electrons. The van der Waals surface area contributed by atoms with E-state index in [0.717, 1.165) is 6.29 Å². The minimum absolute atomic E-state index is 0. The van der Waals surface area contributed by atoms with Gasteiger partial charge in [0, 0.05) is 50.2 Å². The summed E-state index contributed by atoms with van der Waals surface area (Å²) in [6.07, 6.45) is 0.921. The Kier molecular flexibility index (Phi) is 5.34.